The Labute approximate surface area is 129 Å². The van der Waals surface area contributed by atoms with E-state index in [2.05, 4.69) is 19.2 Å². The van der Waals surface area contributed by atoms with Crippen molar-refractivity contribution in [1.29, 1.82) is 0 Å². The first-order valence-electron chi connectivity index (χ1n) is 8.58. The van der Waals surface area contributed by atoms with Gasteiger partial charge in [0.2, 0.25) is 5.91 Å². The van der Waals surface area contributed by atoms with E-state index in [1.54, 1.807) is 0 Å². The van der Waals surface area contributed by atoms with Crippen molar-refractivity contribution in [3.05, 3.63) is 0 Å². The van der Waals surface area contributed by atoms with E-state index in [1.807, 2.05) is 6.92 Å². The Balaban J connectivity index is 1.68. The molecule has 0 aromatic carbocycles. The van der Waals surface area contributed by atoms with Gasteiger partial charge in [0.1, 0.15) is 0 Å². The fourth-order valence-electron chi connectivity index (χ4n) is 3.63. The summed E-state index contributed by atoms with van der Waals surface area (Å²) >= 11 is 0. The molecule has 2 rings (SSSR count). The van der Waals surface area contributed by atoms with Gasteiger partial charge in [-0.1, -0.05) is 13.8 Å². The SMILES string of the molecule is CC1CC(C)CC(OCCCC(C)(NC2CC2)C(N)=O)C1. The molecule has 0 radical (unpaired) electrons. The Bertz CT molecular complexity index is 347. The lowest BCUT2D eigenvalue weighted by molar-refractivity contribution is -0.124. The zero-order chi connectivity index (χ0) is 15.5. The van der Waals surface area contributed by atoms with E-state index in [1.165, 1.54) is 19.3 Å². The molecule has 2 fully saturated rings. The number of ether oxygens (including phenoxy) is 1. The van der Waals surface area contributed by atoms with Crippen molar-refractivity contribution in [3.63, 3.8) is 0 Å². The highest BCUT2D eigenvalue weighted by Crippen LogP contribution is 2.30. The van der Waals surface area contributed by atoms with E-state index in [-0.39, 0.29) is 5.91 Å². The summed E-state index contributed by atoms with van der Waals surface area (Å²) in [6.45, 7) is 7.29. The highest BCUT2D eigenvalue weighted by atomic mass is 16.5. The number of nitrogens with two attached hydrogens (primary N) is 1. The van der Waals surface area contributed by atoms with Gasteiger partial charge < -0.3 is 15.8 Å². The van der Waals surface area contributed by atoms with Crippen LogP contribution < -0.4 is 11.1 Å². The number of amides is 1. The molecule has 0 aromatic heterocycles. The molecule has 4 heteroatoms. The molecule has 2 aliphatic carbocycles. The quantitative estimate of drug-likeness (QED) is 0.677. The normalized spacial score (nSPS) is 32.6. The molecule has 2 saturated carbocycles. The van der Waals surface area contributed by atoms with E-state index in [4.69, 9.17) is 10.5 Å². The summed E-state index contributed by atoms with van der Waals surface area (Å²) < 4.78 is 6.04. The maximum absolute atomic E-state index is 11.7. The Morgan fingerprint density at radius 3 is 2.38 bits per heavy atom. The van der Waals surface area contributed by atoms with Crippen LogP contribution in [0.3, 0.4) is 0 Å². The zero-order valence-electron chi connectivity index (χ0n) is 13.9. The minimum absolute atomic E-state index is 0.241. The van der Waals surface area contributed by atoms with Crippen LogP contribution in [-0.2, 0) is 9.53 Å². The van der Waals surface area contributed by atoms with E-state index >= 15 is 0 Å². The highest BCUT2D eigenvalue weighted by Gasteiger charge is 2.36. The lowest BCUT2D eigenvalue weighted by Crippen LogP contribution is -2.54. The largest absolute Gasteiger partial charge is 0.378 e. The van der Waals surface area contributed by atoms with Crippen molar-refractivity contribution < 1.29 is 9.53 Å². The molecule has 3 unspecified atom stereocenters. The van der Waals surface area contributed by atoms with Crippen molar-refractivity contribution in [1.82, 2.24) is 5.32 Å². The summed E-state index contributed by atoms with van der Waals surface area (Å²) in [5.74, 6) is 1.30. The van der Waals surface area contributed by atoms with Gasteiger partial charge in [-0.25, -0.2) is 0 Å². The van der Waals surface area contributed by atoms with Crippen LogP contribution in [0.1, 0.15) is 65.7 Å². The average molecular weight is 296 g/mol. The maximum Gasteiger partial charge on any atom is 0.237 e. The Morgan fingerprint density at radius 1 is 1.24 bits per heavy atom. The van der Waals surface area contributed by atoms with Gasteiger partial charge in [0, 0.05) is 12.6 Å². The van der Waals surface area contributed by atoms with Gasteiger partial charge >= 0.3 is 0 Å². The molecule has 3 atom stereocenters. The summed E-state index contributed by atoms with van der Waals surface area (Å²) in [5, 5.41) is 3.39. The van der Waals surface area contributed by atoms with E-state index in [9.17, 15) is 4.79 Å². The fourth-order valence-corrected chi connectivity index (χ4v) is 3.63. The lowest BCUT2D eigenvalue weighted by Gasteiger charge is -2.32. The Morgan fingerprint density at radius 2 is 1.86 bits per heavy atom. The monoisotopic (exact) mass is 296 g/mol. The number of nitrogens with one attached hydrogen (secondary N) is 1. The summed E-state index contributed by atoms with van der Waals surface area (Å²) in [7, 11) is 0. The minimum atomic E-state index is -0.572. The zero-order valence-corrected chi connectivity index (χ0v) is 13.9. The molecule has 1 amide bonds. The molecular weight excluding hydrogens is 264 g/mol. The van der Waals surface area contributed by atoms with E-state index < -0.39 is 5.54 Å². The molecular formula is C17H32N2O2. The third kappa shape index (κ3) is 5.26. The van der Waals surface area contributed by atoms with Gasteiger partial charge in [-0.2, -0.15) is 0 Å². The average Bonchev–Trinajstić information content (AvgIpc) is 3.17. The molecule has 0 aromatic rings. The third-order valence-corrected chi connectivity index (χ3v) is 4.95. The van der Waals surface area contributed by atoms with Crippen molar-refractivity contribution in [2.45, 2.75) is 83.4 Å². The molecule has 0 bridgehead atoms. The number of carbonyl (C=O) groups is 1. The van der Waals surface area contributed by atoms with Gasteiger partial charge in [0.05, 0.1) is 11.6 Å². The molecule has 3 N–H and O–H groups in total. The van der Waals surface area contributed by atoms with Crippen LogP contribution in [0.15, 0.2) is 0 Å². The number of primary amides is 1. The lowest BCUT2D eigenvalue weighted by atomic mass is 9.82. The second kappa shape index (κ2) is 7.10. The van der Waals surface area contributed by atoms with Crippen LogP contribution in [0.4, 0.5) is 0 Å². The standard InChI is InChI=1S/C17H32N2O2/c1-12-9-13(2)11-15(10-12)21-8-4-7-17(3,16(18)20)19-14-5-6-14/h12-15,19H,4-11H2,1-3H3,(H2,18,20). The van der Waals surface area contributed by atoms with Crippen molar-refractivity contribution >= 4 is 5.91 Å². The van der Waals surface area contributed by atoms with Crippen LogP contribution >= 0.6 is 0 Å². The summed E-state index contributed by atoms with van der Waals surface area (Å²) in [6.07, 6.45) is 8.06. The van der Waals surface area contributed by atoms with Gasteiger partial charge in [-0.15, -0.1) is 0 Å². The maximum atomic E-state index is 11.7. The third-order valence-electron chi connectivity index (χ3n) is 4.95. The van der Waals surface area contributed by atoms with Crippen LogP contribution in [0.5, 0.6) is 0 Å². The van der Waals surface area contributed by atoms with Crippen LogP contribution in [-0.4, -0.2) is 30.2 Å². The molecule has 0 saturated heterocycles. The number of carbonyl (C=O) groups excluding carboxylic acids is 1. The second-order valence-corrected chi connectivity index (χ2v) is 7.63. The van der Waals surface area contributed by atoms with Crippen LogP contribution in [0.25, 0.3) is 0 Å². The summed E-state index contributed by atoms with van der Waals surface area (Å²) in [4.78, 5) is 11.7. The minimum Gasteiger partial charge on any atom is -0.378 e. The summed E-state index contributed by atoms with van der Waals surface area (Å²) in [5.41, 5.74) is 4.99. The smallest absolute Gasteiger partial charge is 0.237 e. The van der Waals surface area contributed by atoms with Gasteiger partial charge in [0.15, 0.2) is 0 Å². The predicted molar refractivity (Wildman–Crippen MR) is 84.9 cm³/mol. The Hall–Kier alpha value is -0.610. The predicted octanol–water partition coefficient (Wildman–Crippen LogP) is 2.60. The van der Waals surface area contributed by atoms with Crippen LogP contribution in [0, 0.1) is 11.8 Å². The molecule has 122 valence electrons. The molecule has 0 heterocycles. The second-order valence-electron chi connectivity index (χ2n) is 7.63. The fraction of sp³-hybridized carbons (Fsp3) is 0.941. The van der Waals surface area contributed by atoms with Crippen LogP contribution in [0.2, 0.25) is 0 Å². The highest BCUT2D eigenvalue weighted by molar-refractivity contribution is 5.84. The van der Waals surface area contributed by atoms with Gasteiger partial charge in [0.25, 0.3) is 0 Å². The number of rotatable bonds is 8. The number of hydrogen-bond donors (Lipinski definition) is 2. The molecule has 21 heavy (non-hydrogen) atoms. The van der Waals surface area contributed by atoms with Crippen molar-refractivity contribution in [2.75, 3.05) is 6.61 Å². The van der Waals surface area contributed by atoms with E-state index in [0.29, 0.717) is 12.1 Å². The van der Waals surface area contributed by atoms with Crippen molar-refractivity contribution in [2.24, 2.45) is 17.6 Å². The first kappa shape index (κ1) is 16.8. The van der Waals surface area contributed by atoms with Gasteiger partial charge in [-0.05, 0) is 63.7 Å². The molecule has 0 aliphatic heterocycles. The first-order chi connectivity index (χ1) is 9.89. The first-order valence-corrected chi connectivity index (χ1v) is 8.58. The topological polar surface area (TPSA) is 64.3 Å². The molecule has 0 spiro atoms. The molecule has 2 aliphatic rings. The molecule has 4 nitrogen and oxygen atoms in total. The number of hydrogen-bond acceptors (Lipinski definition) is 3. The van der Waals surface area contributed by atoms with Gasteiger partial charge in [-0.3, -0.25) is 4.79 Å². The van der Waals surface area contributed by atoms with Crippen molar-refractivity contribution in [3.8, 4) is 0 Å². The summed E-state index contributed by atoms with van der Waals surface area (Å²) in [6, 6.07) is 0.489. The van der Waals surface area contributed by atoms with E-state index in [0.717, 1.165) is 44.1 Å². The Kier molecular flexibility index (Phi) is 5.67.